The van der Waals surface area contributed by atoms with Gasteiger partial charge >= 0.3 is 0 Å². The molecule has 1 aliphatic heterocycles. The third-order valence-corrected chi connectivity index (χ3v) is 3.13. The number of amides is 1. The Morgan fingerprint density at radius 2 is 2.47 bits per heavy atom. The van der Waals surface area contributed by atoms with E-state index in [1.807, 2.05) is 11.9 Å². The van der Waals surface area contributed by atoms with E-state index in [9.17, 15) is 4.79 Å². The van der Waals surface area contributed by atoms with Crippen molar-refractivity contribution in [3.8, 4) is 0 Å². The maximum absolute atomic E-state index is 12.0. The number of nitrogens with one attached hydrogen (secondary N) is 1. The van der Waals surface area contributed by atoms with Crippen LogP contribution >= 0.6 is 0 Å². The van der Waals surface area contributed by atoms with E-state index in [-0.39, 0.29) is 5.91 Å². The van der Waals surface area contributed by atoms with Gasteiger partial charge in [0.25, 0.3) is 0 Å². The quantitative estimate of drug-likeness (QED) is 0.783. The standard InChI is InChI=1S/C11H19N5O/c1-12-5-10-3-2-4-15(6-10)11(17)7-16-9-13-8-14-16/h8-10,12H,2-7H2,1H3. The van der Waals surface area contributed by atoms with Crippen LogP contribution in [0.2, 0.25) is 0 Å². The number of hydrogen-bond acceptors (Lipinski definition) is 4. The summed E-state index contributed by atoms with van der Waals surface area (Å²) in [5.74, 6) is 0.713. The molecular weight excluding hydrogens is 218 g/mol. The Bertz CT molecular complexity index is 349. The van der Waals surface area contributed by atoms with Crippen molar-refractivity contribution in [1.29, 1.82) is 0 Å². The van der Waals surface area contributed by atoms with E-state index in [1.165, 1.54) is 12.7 Å². The Morgan fingerprint density at radius 3 is 3.18 bits per heavy atom. The van der Waals surface area contributed by atoms with Gasteiger partial charge in [0.1, 0.15) is 19.2 Å². The maximum Gasteiger partial charge on any atom is 0.244 e. The zero-order valence-electron chi connectivity index (χ0n) is 10.2. The second-order valence-electron chi connectivity index (χ2n) is 4.50. The normalized spacial score (nSPS) is 20.5. The lowest BCUT2D eigenvalue weighted by Gasteiger charge is -2.32. The van der Waals surface area contributed by atoms with E-state index in [0.717, 1.165) is 26.1 Å². The van der Waals surface area contributed by atoms with E-state index in [1.54, 1.807) is 11.0 Å². The fraction of sp³-hybridized carbons (Fsp3) is 0.727. The topological polar surface area (TPSA) is 63.1 Å². The van der Waals surface area contributed by atoms with Gasteiger partial charge in [0, 0.05) is 13.1 Å². The average Bonchev–Trinajstić information content (AvgIpc) is 2.83. The van der Waals surface area contributed by atoms with E-state index in [4.69, 9.17) is 0 Å². The molecule has 17 heavy (non-hydrogen) atoms. The fourth-order valence-electron chi connectivity index (χ4n) is 2.30. The largest absolute Gasteiger partial charge is 0.341 e. The summed E-state index contributed by atoms with van der Waals surface area (Å²) in [7, 11) is 1.95. The van der Waals surface area contributed by atoms with Gasteiger partial charge in [-0.15, -0.1) is 0 Å². The number of hydrogen-bond donors (Lipinski definition) is 1. The van der Waals surface area contributed by atoms with Crippen LogP contribution in [0.3, 0.4) is 0 Å². The van der Waals surface area contributed by atoms with Crippen LogP contribution in [-0.2, 0) is 11.3 Å². The molecule has 0 radical (unpaired) electrons. The summed E-state index contributed by atoms with van der Waals surface area (Å²) in [6.07, 6.45) is 5.32. The smallest absolute Gasteiger partial charge is 0.244 e. The molecule has 1 unspecified atom stereocenters. The Hall–Kier alpha value is -1.43. The lowest BCUT2D eigenvalue weighted by Crippen LogP contribution is -2.43. The van der Waals surface area contributed by atoms with Gasteiger partial charge in [-0.1, -0.05) is 0 Å². The molecule has 1 aromatic rings. The van der Waals surface area contributed by atoms with Gasteiger partial charge in [0.15, 0.2) is 0 Å². The first-order valence-corrected chi connectivity index (χ1v) is 6.04. The molecule has 2 rings (SSSR count). The summed E-state index contributed by atoms with van der Waals surface area (Å²) in [4.78, 5) is 17.8. The van der Waals surface area contributed by atoms with Crippen LogP contribution in [0.25, 0.3) is 0 Å². The van der Waals surface area contributed by atoms with E-state index >= 15 is 0 Å². The molecule has 0 aliphatic carbocycles. The molecule has 1 fully saturated rings. The summed E-state index contributed by atoms with van der Waals surface area (Å²) < 4.78 is 1.57. The molecule has 94 valence electrons. The highest BCUT2D eigenvalue weighted by atomic mass is 16.2. The summed E-state index contributed by atoms with van der Waals surface area (Å²) in [6.45, 7) is 3.00. The van der Waals surface area contributed by atoms with E-state index < -0.39 is 0 Å². The lowest BCUT2D eigenvalue weighted by atomic mass is 9.98. The SMILES string of the molecule is CNCC1CCCN(C(=O)Cn2cncn2)C1. The van der Waals surface area contributed by atoms with Crippen molar-refractivity contribution in [2.45, 2.75) is 19.4 Å². The van der Waals surface area contributed by atoms with Crippen molar-refractivity contribution in [2.24, 2.45) is 5.92 Å². The Labute approximate surface area is 101 Å². The average molecular weight is 237 g/mol. The monoisotopic (exact) mass is 237 g/mol. The highest BCUT2D eigenvalue weighted by Gasteiger charge is 2.23. The molecule has 1 aliphatic rings. The molecule has 0 saturated carbocycles. The highest BCUT2D eigenvalue weighted by molar-refractivity contribution is 5.75. The van der Waals surface area contributed by atoms with Gasteiger partial charge in [0.05, 0.1) is 0 Å². The summed E-state index contributed by atoms with van der Waals surface area (Å²) in [5.41, 5.74) is 0. The van der Waals surface area contributed by atoms with Crippen molar-refractivity contribution in [1.82, 2.24) is 25.0 Å². The van der Waals surface area contributed by atoms with Crippen LogP contribution in [0.5, 0.6) is 0 Å². The second kappa shape index (κ2) is 5.77. The number of likely N-dealkylation sites (tertiary alicyclic amines) is 1. The van der Waals surface area contributed by atoms with Crippen molar-refractivity contribution < 1.29 is 4.79 Å². The van der Waals surface area contributed by atoms with Gasteiger partial charge in [-0.3, -0.25) is 4.79 Å². The molecule has 0 spiro atoms. The van der Waals surface area contributed by atoms with Crippen LogP contribution in [-0.4, -0.2) is 52.3 Å². The van der Waals surface area contributed by atoms with Gasteiger partial charge in [-0.2, -0.15) is 5.10 Å². The Morgan fingerprint density at radius 1 is 1.59 bits per heavy atom. The van der Waals surface area contributed by atoms with Crippen molar-refractivity contribution in [3.63, 3.8) is 0 Å². The number of carbonyl (C=O) groups excluding carboxylic acids is 1. The van der Waals surface area contributed by atoms with E-state index in [0.29, 0.717) is 12.5 Å². The van der Waals surface area contributed by atoms with Gasteiger partial charge in [-0.25, -0.2) is 9.67 Å². The minimum atomic E-state index is 0.135. The van der Waals surface area contributed by atoms with Crippen LogP contribution < -0.4 is 5.32 Å². The molecule has 2 heterocycles. The fourth-order valence-corrected chi connectivity index (χ4v) is 2.30. The van der Waals surface area contributed by atoms with Crippen LogP contribution in [0.15, 0.2) is 12.7 Å². The first-order chi connectivity index (χ1) is 8.29. The number of rotatable bonds is 4. The van der Waals surface area contributed by atoms with Crippen LogP contribution in [0, 0.1) is 5.92 Å². The molecule has 1 aromatic heterocycles. The second-order valence-corrected chi connectivity index (χ2v) is 4.50. The summed E-state index contributed by atoms with van der Waals surface area (Å²) >= 11 is 0. The third kappa shape index (κ3) is 3.26. The molecule has 0 aromatic carbocycles. The highest BCUT2D eigenvalue weighted by Crippen LogP contribution is 2.15. The number of aromatic nitrogens is 3. The van der Waals surface area contributed by atoms with E-state index in [2.05, 4.69) is 15.4 Å². The number of carbonyl (C=O) groups is 1. The summed E-state index contributed by atoms with van der Waals surface area (Å²) in [5, 5.41) is 7.13. The molecule has 6 heteroatoms. The summed E-state index contributed by atoms with van der Waals surface area (Å²) in [6, 6.07) is 0. The Balaban J connectivity index is 1.86. The predicted molar refractivity (Wildman–Crippen MR) is 63.3 cm³/mol. The number of piperidine rings is 1. The zero-order chi connectivity index (χ0) is 12.1. The Kier molecular flexibility index (Phi) is 4.08. The lowest BCUT2D eigenvalue weighted by molar-refractivity contribution is -0.133. The molecule has 1 amide bonds. The molecule has 1 saturated heterocycles. The first-order valence-electron chi connectivity index (χ1n) is 6.04. The predicted octanol–water partition coefficient (Wildman–Crippen LogP) is -0.264. The molecular formula is C11H19N5O. The first kappa shape index (κ1) is 12.0. The number of nitrogens with zero attached hydrogens (tertiary/aromatic N) is 4. The maximum atomic E-state index is 12.0. The minimum absolute atomic E-state index is 0.135. The van der Waals surface area contributed by atoms with Gasteiger partial charge < -0.3 is 10.2 Å². The molecule has 1 N–H and O–H groups in total. The molecule has 0 bridgehead atoms. The molecule has 1 atom stereocenters. The van der Waals surface area contributed by atoms with Crippen LogP contribution in [0.1, 0.15) is 12.8 Å². The van der Waals surface area contributed by atoms with Gasteiger partial charge in [-0.05, 0) is 32.4 Å². The van der Waals surface area contributed by atoms with Crippen LogP contribution in [0.4, 0.5) is 0 Å². The van der Waals surface area contributed by atoms with Crippen molar-refractivity contribution in [2.75, 3.05) is 26.7 Å². The van der Waals surface area contributed by atoms with Crippen molar-refractivity contribution >= 4 is 5.91 Å². The third-order valence-electron chi connectivity index (χ3n) is 3.13. The van der Waals surface area contributed by atoms with Crippen molar-refractivity contribution in [3.05, 3.63) is 12.7 Å². The molecule has 6 nitrogen and oxygen atoms in total. The minimum Gasteiger partial charge on any atom is -0.341 e. The zero-order valence-corrected chi connectivity index (χ0v) is 10.2. The van der Waals surface area contributed by atoms with Gasteiger partial charge in [0.2, 0.25) is 5.91 Å².